The fourth-order valence-corrected chi connectivity index (χ4v) is 3.28. The minimum Gasteiger partial charge on any atom is -0.465 e. The zero-order valence-corrected chi connectivity index (χ0v) is 14.5. The van der Waals surface area contributed by atoms with Crippen LogP contribution in [0, 0.1) is 13.8 Å². The number of carbonyl (C=O) groups is 1. The number of H-pyrrole nitrogens is 1. The molecule has 0 aliphatic carbocycles. The topological polar surface area (TPSA) is 54.1 Å². The molecule has 0 amide bonds. The molecule has 2 rings (SSSR count). The van der Waals surface area contributed by atoms with Crippen molar-refractivity contribution in [3.63, 3.8) is 0 Å². The van der Waals surface area contributed by atoms with E-state index >= 15 is 0 Å². The Hall–Kier alpha value is -1.80. The van der Waals surface area contributed by atoms with Gasteiger partial charge in [0.15, 0.2) is 0 Å². The number of rotatable bonds is 4. The molecule has 9 heteroatoms. The van der Waals surface area contributed by atoms with Crippen molar-refractivity contribution in [3.8, 4) is 0 Å². The highest BCUT2D eigenvalue weighted by atomic mass is 35.5. The Morgan fingerprint density at radius 2 is 1.96 bits per heavy atom. The molecule has 1 heterocycles. The average Bonchev–Trinajstić information content (AvgIpc) is 2.78. The van der Waals surface area contributed by atoms with Crippen molar-refractivity contribution in [2.45, 2.75) is 24.9 Å². The Labute approximate surface area is 145 Å². The van der Waals surface area contributed by atoms with Crippen molar-refractivity contribution in [2.75, 3.05) is 11.8 Å². The third-order valence-electron chi connectivity index (χ3n) is 3.26. The van der Waals surface area contributed by atoms with E-state index < -0.39 is 17.7 Å². The number of aromatic nitrogens is 1. The van der Waals surface area contributed by atoms with Gasteiger partial charge in [0, 0.05) is 16.4 Å². The minimum atomic E-state index is -4.55. The van der Waals surface area contributed by atoms with E-state index in [0.29, 0.717) is 16.3 Å². The molecule has 1 aromatic carbocycles. The second-order valence-electron chi connectivity index (χ2n) is 4.96. The van der Waals surface area contributed by atoms with E-state index in [1.807, 2.05) is 0 Å². The highest BCUT2D eigenvalue weighted by Gasteiger charge is 2.34. The summed E-state index contributed by atoms with van der Waals surface area (Å²) in [7, 11) is 1.24. The quantitative estimate of drug-likeness (QED) is 0.566. The lowest BCUT2D eigenvalue weighted by atomic mass is 10.2. The molecule has 4 nitrogen and oxygen atoms in total. The normalized spacial score (nSPS) is 11.5. The molecule has 0 unspecified atom stereocenters. The maximum atomic E-state index is 13.1. The first-order valence-electron chi connectivity index (χ1n) is 6.72. The maximum absolute atomic E-state index is 13.1. The molecule has 0 atom stereocenters. The number of anilines is 1. The number of methoxy groups -OCH3 is 1. The van der Waals surface area contributed by atoms with Gasteiger partial charge in [0.2, 0.25) is 0 Å². The smallest absolute Gasteiger partial charge is 0.418 e. The third kappa shape index (κ3) is 3.81. The van der Waals surface area contributed by atoms with E-state index in [1.165, 1.54) is 19.2 Å². The summed E-state index contributed by atoms with van der Waals surface area (Å²) in [6, 6.07) is 3.45. The number of carbonyl (C=O) groups excluding carboxylic acids is 1. The molecule has 0 aliphatic heterocycles. The molecule has 130 valence electrons. The van der Waals surface area contributed by atoms with Gasteiger partial charge >= 0.3 is 12.1 Å². The average molecular weight is 379 g/mol. The summed E-state index contributed by atoms with van der Waals surface area (Å²) in [5.74, 6) is -0.562. The summed E-state index contributed by atoms with van der Waals surface area (Å²) in [4.78, 5) is 15.3. The van der Waals surface area contributed by atoms with Crippen LogP contribution in [0.2, 0.25) is 5.02 Å². The Balaban J connectivity index is 2.35. The molecular formula is C15H14ClF3N2O2S. The fraction of sp³-hybridized carbons (Fsp3) is 0.267. The van der Waals surface area contributed by atoms with Gasteiger partial charge in [-0.15, -0.1) is 0 Å². The van der Waals surface area contributed by atoms with E-state index in [9.17, 15) is 18.0 Å². The van der Waals surface area contributed by atoms with Crippen LogP contribution >= 0.6 is 23.5 Å². The Morgan fingerprint density at radius 1 is 1.29 bits per heavy atom. The molecule has 0 bridgehead atoms. The number of nitrogens with one attached hydrogen (secondary N) is 2. The molecule has 1 aromatic heterocycles. The predicted octanol–water partition coefficient (Wildman–Crippen LogP) is 5.21. The van der Waals surface area contributed by atoms with Crippen molar-refractivity contribution >= 4 is 35.2 Å². The first-order chi connectivity index (χ1) is 11.1. The van der Waals surface area contributed by atoms with E-state index in [4.69, 9.17) is 16.3 Å². The molecule has 0 saturated heterocycles. The number of aryl methyl sites for hydroxylation is 2. The SMILES string of the molecule is COC(=O)c1c(C)[nH]c(C)c1SNc1ccc(Cl)cc1C(F)(F)F. The first kappa shape index (κ1) is 18.5. The largest absolute Gasteiger partial charge is 0.465 e. The Bertz CT molecular complexity index is 775. The van der Waals surface area contributed by atoms with E-state index in [-0.39, 0.29) is 16.3 Å². The summed E-state index contributed by atoms with van der Waals surface area (Å²) >= 11 is 6.56. The number of alkyl halides is 3. The van der Waals surface area contributed by atoms with Crippen molar-refractivity contribution < 1.29 is 22.7 Å². The zero-order chi connectivity index (χ0) is 18.1. The monoisotopic (exact) mass is 378 g/mol. The number of halogens is 4. The summed E-state index contributed by atoms with van der Waals surface area (Å²) < 4.78 is 46.7. The number of benzene rings is 1. The molecule has 24 heavy (non-hydrogen) atoms. The van der Waals surface area contributed by atoms with E-state index in [2.05, 4.69) is 9.71 Å². The van der Waals surface area contributed by atoms with Crippen LogP contribution in [0.15, 0.2) is 23.1 Å². The van der Waals surface area contributed by atoms with Gasteiger partial charge in [-0.05, 0) is 44.0 Å². The molecule has 0 spiro atoms. The number of aromatic amines is 1. The first-order valence-corrected chi connectivity index (χ1v) is 7.91. The standard InChI is InChI=1S/C15H14ClF3N2O2S/c1-7-12(14(22)23-3)13(8(2)20-7)24-21-11-5-4-9(16)6-10(11)15(17,18)19/h4-6,20-21H,1-3H3. The molecule has 2 N–H and O–H groups in total. The number of hydrogen-bond acceptors (Lipinski definition) is 4. The number of hydrogen-bond donors (Lipinski definition) is 2. The lowest BCUT2D eigenvalue weighted by Crippen LogP contribution is -2.09. The number of esters is 1. The highest BCUT2D eigenvalue weighted by molar-refractivity contribution is 8.00. The van der Waals surface area contributed by atoms with Crippen LogP contribution in [0.4, 0.5) is 18.9 Å². The van der Waals surface area contributed by atoms with Crippen molar-refractivity contribution in [3.05, 3.63) is 45.7 Å². The van der Waals surface area contributed by atoms with Crippen molar-refractivity contribution in [2.24, 2.45) is 0 Å². The minimum absolute atomic E-state index is 0.0122. The van der Waals surface area contributed by atoms with Crippen molar-refractivity contribution in [1.82, 2.24) is 4.98 Å². The van der Waals surface area contributed by atoms with Crippen LogP contribution in [0.1, 0.15) is 27.3 Å². The van der Waals surface area contributed by atoms with Gasteiger partial charge < -0.3 is 14.4 Å². The second-order valence-corrected chi connectivity index (χ2v) is 6.22. The van der Waals surface area contributed by atoms with Gasteiger partial charge in [-0.25, -0.2) is 4.79 Å². The van der Waals surface area contributed by atoms with Crippen LogP contribution in [0.5, 0.6) is 0 Å². The lowest BCUT2D eigenvalue weighted by Gasteiger charge is -2.14. The van der Waals surface area contributed by atoms with Crippen LogP contribution < -0.4 is 4.72 Å². The van der Waals surface area contributed by atoms with Gasteiger partial charge in [0.25, 0.3) is 0 Å². The van der Waals surface area contributed by atoms with Crippen LogP contribution in [-0.2, 0) is 10.9 Å². The summed E-state index contributed by atoms with van der Waals surface area (Å²) in [6.45, 7) is 3.41. The Kier molecular flexibility index (Phi) is 5.39. The van der Waals surface area contributed by atoms with Crippen LogP contribution in [0.25, 0.3) is 0 Å². The third-order valence-corrected chi connectivity index (χ3v) is 4.53. The van der Waals surface area contributed by atoms with Gasteiger partial charge in [-0.1, -0.05) is 11.6 Å². The Morgan fingerprint density at radius 3 is 2.54 bits per heavy atom. The van der Waals surface area contributed by atoms with Gasteiger partial charge in [-0.2, -0.15) is 13.2 Å². The molecule has 0 aliphatic rings. The highest BCUT2D eigenvalue weighted by Crippen LogP contribution is 2.39. The number of ether oxygens (including phenoxy) is 1. The molecule has 0 radical (unpaired) electrons. The second kappa shape index (κ2) is 6.98. The lowest BCUT2D eigenvalue weighted by molar-refractivity contribution is -0.136. The van der Waals surface area contributed by atoms with Crippen LogP contribution in [0.3, 0.4) is 0 Å². The molecular weight excluding hydrogens is 365 g/mol. The van der Waals surface area contributed by atoms with Crippen LogP contribution in [-0.4, -0.2) is 18.1 Å². The zero-order valence-electron chi connectivity index (χ0n) is 13.0. The summed E-state index contributed by atoms with van der Waals surface area (Å²) in [5.41, 5.74) is 0.483. The molecule has 0 saturated carbocycles. The molecule has 2 aromatic rings. The van der Waals surface area contributed by atoms with Gasteiger partial charge in [0.1, 0.15) is 0 Å². The van der Waals surface area contributed by atoms with Gasteiger partial charge in [0.05, 0.1) is 28.8 Å². The van der Waals surface area contributed by atoms with E-state index in [0.717, 1.165) is 18.0 Å². The van der Waals surface area contributed by atoms with E-state index in [1.54, 1.807) is 13.8 Å². The fourth-order valence-electron chi connectivity index (χ4n) is 2.18. The predicted molar refractivity (Wildman–Crippen MR) is 87.5 cm³/mol. The van der Waals surface area contributed by atoms with Crippen molar-refractivity contribution in [1.29, 1.82) is 0 Å². The molecule has 0 fully saturated rings. The maximum Gasteiger partial charge on any atom is 0.418 e. The van der Waals surface area contributed by atoms with Gasteiger partial charge in [-0.3, -0.25) is 0 Å². The summed E-state index contributed by atoms with van der Waals surface area (Å²) in [6.07, 6.45) is -4.55. The summed E-state index contributed by atoms with van der Waals surface area (Å²) in [5, 5.41) is -0.0122.